The van der Waals surface area contributed by atoms with Gasteiger partial charge >= 0.3 is 0 Å². The molecule has 0 saturated carbocycles. The molecule has 2 heteroatoms. The molecule has 0 heterocycles. The Labute approximate surface area is 84.4 Å². The molecule has 1 aromatic rings. The molecule has 0 aromatic heterocycles. The van der Waals surface area contributed by atoms with Crippen molar-refractivity contribution in [3.63, 3.8) is 0 Å². The molecule has 0 aliphatic rings. The fourth-order valence-electron chi connectivity index (χ4n) is 1.38. The van der Waals surface area contributed by atoms with Gasteiger partial charge in [-0.25, -0.2) is 0 Å². The van der Waals surface area contributed by atoms with Crippen LogP contribution in [0.3, 0.4) is 0 Å². The van der Waals surface area contributed by atoms with Gasteiger partial charge in [0, 0.05) is 5.56 Å². The van der Waals surface area contributed by atoms with Gasteiger partial charge in [-0.3, -0.25) is 0 Å². The minimum atomic E-state index is 0.165. The van der Waals surface area contributed by atoms with Crippen molar-refractivity contribution in [3.05, 3.63) is 48.6 Å². The number of phenolic OH excluding ortho intramolecular Hbond substituents is 1. The predicted octanol–water partition coefficient (Wildman–Crippen LogP) is 2.43. The van der Waals surface area contributed by atoms with Crippen molar-refractivity contribution in [1.29, 1.82) is 0 Å². The van der Waals surface area contributed by atoms with Crippen LogP contribution in [-0.2, 0) is 12.8 Å². The Morgan fingerprint density at radius 1 is 1.21 bits per heavy atom. The lowest BCUT2D eigenvalue weighted by atomic mass is 10.0. The Bertz CT molecular complexity index is 356. The molecule has 0 saturated heterocycles. The van der Waals surface area contributed by atoms with E-state index in [0.29, 0.717) is 12.1 Å². The van der Waals surface area contributed by atoms with E-state index in [9.17, 15) is 5.11 Å². The summed E-state index contributed by atoms with van der Waals surface area (Å²) in [5, 5.41) is 9.62. The second kappa shape index (κ2) is 4.51. The average molecular weight is 189 g/mol. The highest BCUT2D eigenvalue weighted by molar-refractivity contribution is 5.58. The van der Waals surface area contributed by atoms with E-state index in [2.05, 4.69) is 13.2 Å². The molecule has 0 spiro atoms. The molecule has 1 aromatic carbocycles. The lowest BCUT2D eigenvalue weighted by Crippen LogP contribution is -1.94. The highest BCUT2D eigenvalue weighted by Crippen LogP contribution is 2.27. The zero-order chi connectivity index (χ0) is 10.6. The van der Waals surface area contributed by atoms with Crippen LogP contribution in [0.4, 0.5) is 5.69 Å². The molecule has 2 nitrogen and oxygen atoms in total. The van der Waals surface area contributed by atoms with E-state index in [0.717, 1.165) is 17.5 Å². The molecule has 0 fully saturated rings. The lowest BCUT2D eigenvalue weighted by molar-refractivity contribution is 0.472. The number of hydrogen-bond acceptors (Lipinski definition) is 2. The number of benzene rings is 1. The van der Waals surface area contributed by atoms with Crippen molar-refractivity contribution in [2.75, 3.05) is 5.73 Å². The van der Waals surface area contributed by atoms with Crippen molar-refractivity contribution < 1.29 is 5.11 Å². The van der Waals surface area contributed by atoms with Crippen LogP contribution in [0.5, 0.6) is 5.75 Å². The maximum Gasteiger partial charge on any atom is 0.141 e. The van der Waals surface area contributed by atoms with Crippen LogP contribution in [-0.4, -0.2) is 5.11 Å². The summed E-state index contributed by atoms with van der Waals surface area (Å²) < 4.78 is 0. The van der Waals surface area contributed by atoms with Gasteiger partial charge in [0.25, 0.3) is 0 Å². The monoisotopic (exact) mass is 189 g/mol. The second-order valence-electron chi connectivity index (χ2n) is 3.18. The molecule has 14 heavy (non-hydrogen) atoms. The summed E-state index contributed by atoms with van der Waals surface area (Å²) >= 11 is 0. The summed E-state index contributed by atoms with van der Waals surface area (Å²) in [4.78, 5) is 0. The average Bonchev–Trinajstić information content (AvgIpc) is 2.14. The highest BCUT2D eigenvalue weighted by Gasteiger charge is 2.05. The molecule has 0 atom stereocenters. The summed E-state index contributed by atoms with van der Waals surface area (Å²) in [6, 6.07) is 3.69. The number of nitrogens with two attached hydrogens (primary N) is 1. The van der Waals surface area contributed by atoms with Gasteiger partial charge in [0.15, 0.2) is 0 Å². The van der Waals surface area contributed by atoms with Gasteiger partial charge in [-0.2, -0.15) is 0 Å². The van der Waals surface area contributed by atoms with Crippen LogP contribution < -0.4 is 5.73 Å². The third kappa shape index (κ3) is 2.16. The van der Waals surface area contributed by atoms with E-state index < -0.39 is 0 Å². The van der Waals surface area contributed by atoms with Crippen LogP contribution in [0.25, 0.3) is 0 Å². The molecular weight excluding hydrogens is 174 g/mol. The maximum absolute atomic E-state index is 9.62. The summed E-state index contributed by atoms with van der Waals surface area (Å²) in [5.74, 6) is 0.165. The number of rotatable bonds is 4. The Morgan fingerprint density at radius 3 is 2.43 bits per heavy atom. The molecule has 0 radical (unpaired) electrons. The first-order valence-electron chi connectivity index (χ1n) is 4.51. The molecule has 0 unspecified atom stereocenters. The zero-order valence-electron chi connectivity index (χ0n) is 8.16. The highest BCUT2D eigenvalue weighted by atomic mass is 16.3. The third-order valence-electron chi connectivity index (χ3n) is 2.02. The van der Waals surface area contributed by atoms with Gasteiger partial charge in [0.05, 0.1) is 5.69 Å². The topological polar surface area (TPSA) is 46.2 Å². The second-order valence-corrected chi connectivity index (χ2v) is 3.18. The number of allylic oxidation sites excluding steroid dienone is 2. The molecular formula is C12H15NO. The minimum absolute atomic E-state index is 0.165. The van der Waals surface area contributed by atoms with E-state index in [-0.39, 0.29) is 5.75 Å². The quantitative estimate of drug-likeness (QED) is 0.434. The van der Waals surface area contributed by atoms with Gasteiger partial charge in [0.1, 0.15) is 5.75 Å². The molecule has 0 bridgehead atoms. The normalized spacial score (nSPS) is 9.71. The fraction of sp³-hybridized carbons (Fsp3) is 0.167. The molecule has 74 valence electrons. The van der Waals surface area contributed by atoms with Gasteiger partial charge < -0.3 is 10.8 Å². The summed E-state index contributed by atoms with van der Waals surface area (Å²) in [6.07, 6.45) is 4.94. The Morgan fingerprint density at radius 2 is 1.86 bits per heavy atom. The van der Waals surface area contributed by atoms with Gasteiger partial charge in [-0.15, -0.1) is 13.2 Å². The van der Waals surface area contributed by atoms with Crippen molar-refractivity contribution in [2.45, 2.75) is 12.8 Å². The summed E-state index contributed by atoms with van der Waals surface area (Å²) in [5.41, 5.74) is 7.96. The van der Waals surface area contributed by atoms with E-state index in [1.165, 1.54) is 0 Å². The smallest absolute Gasteiger partial charge is 0.141 e. The number of nitrogen functional groups attached to an aromatic ring is 1. The third-order valence-corrected chi connectivity index (χ3v) is 2.02. The SMILES string of the molecule is C=CCc1cc(N)c(O)c(CC=C)c1. The Kier molecular flexibility index (Phi) is 3.35. The van der Waals surface area contributed by atoms with Crippen LogP contribution in [0.1, 0.15) is 11.1 Å². The first-order chi connectivity index (χ1) is 6.69. The van der Waals surface area contributed by atoms with E-state index in [4.69, 9.17) is 5.73 Å². The van der Waals surface area contributed by atoms with Crippen molar-refractivity contribution in [3.8, 4) is 5.75 Å². The van der Waals surface area contributed by atoms with Crippen LogP contribution >= 0.6 is 0 Å². The lowest BCUT2D eigenvalue weighted by Gasteiger charge is -2.07. The summed E-state index contributed by atoms with van der Waals surface area (Å²) in [6.45, 7) is 7.29. The van der Waals surface area contributed by atoms with Gasteiger partial charge in [-0.1, -0.05) is 18.2 Å². The van der Waals surface area contributed by atoms with E-state index in [1.807, 2.05) is 12.1 Å². The Hall–Kier alpha value is -1.70. The standard InChI is InChI=1S/C12H15NO/c1-3-5-9-7-10(6-4-2)12(14)11(13)8-9/h3-4,7-8,14H,1-2,5-6,13H2. The molecule has 3 N–H and O–H groups in total. The summed E-state index contributed by atoms with van der Waals surface area (Å²) in [7, 11) is 0. The largest absolute Gasteiger partial charge is 0.505 e. The molecule has 0 aliphatic heterocycles. The fourth-order valence-corrected chi connectivity index (χ4v) is 1.38. The molecule has 0 aliphatic carbocycles. The maximum atomic E-state index is 9.62. The number of hydrogen-bond donors (Lipinski definition) is 2. The van der Waals surface area contributed by atoms with E-state index >= 15 is 0 Å². The van der Waals surface area contributed by atoms with Crippen LogP contribution in [0.15, 0.2) is 37.4 Å². The number of anilines is 1. The Balaban J connectivity index is 3.12. The zero-order valence-corrected chi connectivity index (χ0v) is 8.16. The van der Waals surface area contributed by atoms with Crippen LogP contribution in [0, 0.1) is 0 Å². The van der Waals surface area contributed by atoms with Crippen molar-refractivity contribution >= 4 is 5.69 Å². The molecule has 0 amide bonds. The van der Waals surface area contributed by atoms with Crippen molar-refractivity contribution in [1.82, 2.24) is 0 Å². The minimum Gasteiger partial charge on any atom is -0.505 e. The van der Waals surface area contributed by atoms with Gasteiger partial charge in [0.2, 0.25) is 0 Å². The number of aromatic hydroxyl groups is 1. The molecule has 1 rings (SSSR count). The van der Waals surface area contributed by atoms with Gasteiger partial charge in [-0.05, 0) is 24.5 Å². The van der Waals surface area contributed by atoms with Crippen LogP contribution in [0.2, 0.25) is 0 Å². The predicted molar refractivity (Wildman–Crippen MR) is 60.3 cm³/mol. The first-order valence-corrected chi connectivity index (χ1v) is 4.51. The first kappa shape index (κ1) is 10.4. The van der Waals surface area contributed by atoms with E-state index in [1.54, 1.807) is 12.1 Å². The number of phenols is 1. The van der Waals surface area contributed by atoms with Crippen molar-refractivity contribution in [2.24, 2.45) is 0 Å².